The lowest BCUT2D eigenvalue weighted by Gasteiger charge is -2.09. The van der Waals surface area contributed by atoms with E-state index in [2.05, 4.69) is 5.32 Å². The van der Waals surface area contributed by atoms with Crippen LogP contribution in [0.2, 0.25) is 0 Å². The van der Waals surface area contributed by atoms with Crippen LogP contribution in [-0.4, -0.2) is 18.2 Å². The molecule has 2 rings (SSSR count). The highest BCUT2D eigenvalue weighted by atomic mass is 16.1. The fourth-order valence-corrected chi connectivity index (χ4v) is 2.51. The Morgan fingerprint density at radius 2 is 1.59 bits per heavy atom. The van der Waals surface area contributed by atoms with E-state index in [1.807, 2.05) is 30.3 Å². The zero-order valence-electron chi connectivity index (χ0n) is 12.9. The maximum Gasteiger partial charge on any atom is 0.251 e. The Kier molecular flexibility index (Phi) is 6.62. The summed E-state index contributed by atoms with van der Waals surface area (Å²) in [6.07, 6.45) is 10.8. The van der Waals surface area contributed by atoms with Gasteiger partial charge < -0.3 is 5.32 Å². The molecule has 3 nitrogen and oxygen atoms in total. The lowest BCUT2D eigenvalue weighted by molar-refractivity contribution is -0.116. The molecule has 1 amide bonds. The largest absolute Gasteiger partial charge is 0.352 e. The maximum atomic E-state index is 12.4. The normalized spacial score (nSPS) is 22.1. The van der Waals surface area contributed by atoms with Crippen molar-refractivity contribution < 1.29 is 9.59 Å². The second-order valence-electron chi connectivity index (χ2n) is 5.55. The van der Waals surface area contributed by atoms with Crippen LogP contribution in [0, 0.1) is 0 Å². The highest BCUT2D eigenvalue weighted by Gasteiger charge is 2.10. The third-order valence-corrected chi connectivity index (χ3v) is 3.76. The SMILES string of the molecule is O=C1/C=C/C=C(/c2ccccc2)C(=O)NCCCCCCC1. The summed E-state index contributed by atoms with van der Waals surface area (Å²) in [6.45, 7) is 0.700. The molecule has 1 heterocycles. The van der Waals surface area contributed by atoms with Crippen LogP contribution in [0.25, 0.3) is 5.57 Å². The van der Waals surface area contributed by atoms with Gasteiger partial charge in [-0.1, -0.05) is 55.7 Å². The number of allylic oxidation sites excluding steroid dienone is 3. The molecular weight excluding hydrogens is 274 g/mol. The van der Waals surface area contributed by atoms with E-state index in [1.165, 1.54) is 0 Å². The van der Waals surface area contributed by atoms with Crippen LogP contribution in [0.15, 0.2) is 48.6 Å². The Balaban J connectivity index is 2.20. The molecule has 22 heavy (non-hydrogen) atoms. The molecule has 1 N–H and O–H groups in total. The number of rotatable bonds is 1. The Hall–Kier alpha value is -2.16. The minimum atomic E-state index is -0.0830. The average Bonchev–Trinajstić information content (AvgIpc) is 2.54. The van der Waals surface area contributed by atoms with Crippen molar-refractivity contribution in [3.63, 3.8) is 0 Å². The molecule has 3 heteroatoms. The maximum absolute atomic E-state index is 12.4. The summed E-state index contributed by atoms with van der Waals surface area (Å²) in [7, 11) is 0. The van der Waals surface area contributed by atoms with E-state index in [-0.39, 0.29) is 11.7 Å². The predicted molar refractivity (Wildman–Crippen MR) is 89.3 cm³/mol. The smallest absolute Gasteiger partial charge is 0.251 e. The van der Waals surface area contributed by atoms with Crippen molar-refractivity contribution in [3.05, 3.63) is 54.1 Å². The lowest BCUT2D eigenvalue weighted by atomic mass is 10.0. The Labute approximate surface area is 132 Å². The van der Waals surface area contributed by atoms with Gasteiger partial charge in [0.1, 0.15) is 0 Å². The second-order valence-corrected chi connectivity index (χ2v) is 5.55. The van der Waals surface area contributed by atoms with E-state index in [0.29, 0.717) is 18.5 Å². The zero-order chi connectivity index (χ0) is 15.6. The molecule has 0 atom stereocenters. The van der Waals surface area contributed by atoms with Crippen LogP contribution < -0.4 is 5.32 Å². The Morgan fingerprint density at radius 3 is 2.41 bits per heavy atom. The summed E-state index contributed by atoms with van der Waals surface area (Å²) in [4.78, 5) is 24.1. The van der Waals surface area contributed by atoms with E-state index in [9.17, 15) is 9.59 Å². The summed E-state index contributed by atoms with van der Waals surface area (Å²) in [6, 6.07) is 9.55. The summed E-state index contributed by atoms with van der Waals surface area (Å²) in [5.74, 6) is 0.0430. The number of ketones is 1. The van der Waals surface area contributed by atoms with Crippen LogP contribution >= 0.6 is 0 Å². The zero-order valence-corrected chi connectivity index (χ0v) is 12.9. The van der Waals surface area contributed by atoms with Crippen LogP contribution in [0.5, 0.6) is 0 Å². The Bertz CT molecular complexity index is 558. The minimum absolute atomic E-state index is 0.0830. The van der Waals surface area contributed by atoms with Crippen molar-refractivity contribution >= 4 is 17.3 Å². The fraction of sp³-hybridized carbons (Fsp3) is 0.368. The average molecular weight is 297 g/mol. The summed E-state index contributed by atoms with van der Waals surface area (Å²) in [5, 5.41) is 2.97. The predicted octanol–water partition coefficient (Wildman–Crippen LogP) is 3.67. The highest BCUT2D eigenvalue weighted by molar-refractivity contribution is 6.19. The van der Waals surface area contributed by atoms with Gasteiger partial charge in [0.05, 0.1) is 0 Å². The molecule has 1 aromatic carbocycles. The van der Waals surface area contributed by atoms with Gasteiger partial charge in [0, 0.05) is 18.5 Å². The number of nitrogens with one attached hydrogen (secondary N) is 1. The number of hydrogen-bond donors (Lipinski definition) is 1. The van der Waals surface area contributed by atoms with Gasteiger partial charge in [-0.15, -0.1) is 0 Å². The summed E-state index contributed by atoms with van der Waals surface area (Å²) >= 11 is 0. The quantitative estimate of drug-likeness (QED) is 0.859. The minimum Gasteiger partial charge on any atom is -0.352 e. The Morgan fingerprint density at radius 1 is 0.864 bits per heavy atom. The third-order valence-electron chi connectivity index (χ3n) is 3.76. The molecular formula is C19H23NO2. The van der Waals surface area contributed by atoms with Crippen molar-refractivity contribution in [2.75, 3.05) is 6.54 Å². The van der Waals surface area contributed by atoms with E-state index in [0.717, 1.165) is 37.7 Å². The van der Waals surface area contributed by atoms with Crippen molar-refractivity contribution in [1.82, 2.24) is 5.32 Å². The van der Waals surface area contributed by atoms with Gasteiger partial charge in [-0.3, -0.25) is 9.59 Å². The first-order valence-electron chi connectivity index (χ1n) is 8.02. The van der Waals surface area contributed by atoms with Gasteiger partial charge >= 0.3 is 0 Å². The molecule has 0 saturated heterocycles. The van der Waals surface area contributed by atoms with E-state index in [1.54, 1.807) is 18.2 Å². The van der Waals surface area contributed by atoms with Gasteiger partial charge in [0.25, 0.3) is 5.91 Å². The van der Waals surface area contributed by atoms with Crippen molar-refractivity contribution in [2.45, 2.75) is 38.5 Å². The fourth-order valence-electron chi connectivity index (χ4n) is 2.51. The number of carbonyl (C=O) groups excluding carboxylic acids is 2. The monoisotopic (exact) mass is 297 g/mol. The number of hydrogen-bond acceptors (Lipinski definition) is 2. The molecule has 0 fully saturated rings. The molecule has 0 radical (unpaired) electrons. The number of carbonyl (C=O) groups is 2. The first kappa shape index (κ1) is 16.2. The first-order valence-corrected chi connectivity index (χ1v) is 8.02. The van der Waals surface area contributed by atoms with Gasteiger partial charge in [-0.2, -0.15) is 0 Å². The molecule has 1 aliphatic rings. The first-order chi connectivity index (χ1) is 10.8. The standard InChI is InChI=1S/C19H23NO2/c21-17-12-7-2-1-3-8-15-20-19(22)18(14-9-13-17)16-10-5-4-6-11-16/h4-6,9-11,13-14H,1-3,7-8,12,15H2,(H,20,22)/b13-9+,18-14-. The molecule has 1 aromatic rings. The van der Waals surface area contributed by atoms with Crippen molar-refractivity contribution in [3.8, 4) is 0 Å². The highest BCUT2D eigenvalue weighted by Crippen LogP contribution is 2.15. The molecule has 0 aliphatic carbocycles. The van der Waals surface area contributed by atoms with Crippen LogP contribution in [0.3, 0.4) is 0 Å². The molecule has 0 spiro atoms. The van der Waals surface area contributed by atoms with Gasteiger partial charge in [-0.25, -0.2) is 0 Å². The summed E-state index contributed by atoms with van der Waals surface area (Å²) < 4.78 is 0. The molecule has 0 aromatic heterocycles. The molecule has 0 bridgehead atoms. The topological polar surface area (TPSA) is 46.2 Å². The van der Waals surface area contributed by atoms with Gasteiger partial charge in [0.2, 0.25) is 0 Å². The van der Waals surface area contributed by atoms with Crippen molar-refractivity contribution in [2.24, 2.45) is 0 Å². The molecule has 0 saturated carbocycles. The third kappa shape index (κ3) is 5.32. The molecule has 0 unspecified atom stereocenters. The lowest BCUT2D eigenvalue weighted by Crippen LogP contribution is -2.25. The summed E-state index contributed by atoms with van der Waals surface area (Å²) in [5.41, 5.74) is 1.46. The van der Waals surface area contributed by atoms with Crippen LogP contribution in [0.4, 0.5) is 0 Å². The number of benzene rings is 1. The van der Waals surface area contributed by atoms with E-state index >= 15 is 0 Å². The van der Waals surface area contributed by atoms with E-state index in [4.69, 9.17) is 0 Å². The van der Waals surface area contributed by atoms with Gasteiger partial charge in [0.15, 0.2) is 5.78 Å². The molecule has 116 valence electrons. The van der Waals surface area contributed by atoms with Crippen LogP contribution in [-0.2, 0) is 9.59 Å². The second kappa shape index (κ2) is 8.98. The van der Waals surface area contributed by atoms with Crippen LogP contribution in [0.1, 0.15) is 44.1 Å². The van der Waals surface area contributed by atoms with Crippen molar-refractivity contribution in [1.29, 1.82) is 0 Å². The number of amides is 1. The van der Waals surface area contributed by atoms with Gasteiger partial charge in [-0.05, 0) is 30.6 Å². The van der Waals surface area contributed by atoms with E-state index < -0.39 is 0 Å². The molecule has 1 aliphatic heterocycles.